The van der Waals surface area contributed by atoms with Crippen LogP contribution in [0, 0.1) is 5.92 Å². The maximum absolute atomic E-state index is 12.5. The van der Waals surface area contributed by atoms with Gasteiger partial charge in [-0.15, -0.1) is 0 Å². The predicted octanol–water partition coefficient (Wildman–Crippen LogP) is 3.78. The molecule has 0 radical (unpaired) electrons. The molecule has 2 atom stereocenters. The van der Waals surface area contributed by atoms with Gasteiger partial charge in [-0.3, -0.25) is 9.59 Å². The molecule has 2 heterocycles. The Morgan fingerprint density at radius 3 is 2.66 bits per heavy atom. The van der Waals surface area contributed by atoms with Crippen LogP contribution >= 0.6 is 0 Å². The van der Waals surface area contributed by atoms with Gasteiger partial charge in [-0.1, -0.05) is 37.3 Å². The van der Waals surface area contributed by atoms with Crippen molar-refractivity contribution in [3.8, 4) is 0 Å². The van der Waals surface area contributed by atoms with Crippen LogP contribution in [0.15, 0.2) is 52.0 Å². The summed E-state index contributed by atoms with van der Waals surface area (Å²) in [6.45, 7) is 3.21. The molecule has 1 fully saturated rings. The summed E-state index contributed by atoms with van der Waals surface area (Å²) in [6.07, 6.45) is 2.26. The molecule has 29 heavy (non-hydrogen) atoms. The summed E-state index contributed by atoms with van der Waals surface area (Å²) in [5.74, 6) is 2.85. The monoisotopic (exact) mass is 393 g/mol. The highest BCUT2D eigenvalue weighted by atomic mass is 16.3. The number of hydrogen-bond acceptors (Lipinski definition) is 4. The molecule has 0 spiro atoms. The second-order valence-electron chi connectivity index (χ2n) is 8.05. The zero-order chi connectivity index (χ0) is 20.4. The minimum absolute atomic E-state index is 0.0671. The lowest BCUT2D eigenvalue weighted by molar-refractivity contribution is -0.136. The lowest BCUT2D eigenvalue weighted by Crippen LogP contribution is -2.29. The molecular formula is C23H27N3O3. The Balaban J connectivity index is 1.25. The minimum atomic E-state index is -0.110. The number of carbonyl (C=O) groups excluding carboxylic acids is 2. The van der Waals surface area contributed by atoms with E-state index in [2.05, 4.69) is 12.0 Å². The van der Waals surface area contributed by atoms with Gasteiger partial charge in [-0.05, 0) is 30.0 Å². The first-order valence-electron chi connectivity index (χ1n) is 10.3. The Hall–Kier alpha value is -2.89. The molecule has 6 heteroatoms. The molecule has 1 aromatic carbocycles. The van der Waals surface area contributed by atoms with E-state index in [4.69, 9.17) is 4.42 Å². The molecule has 6 nitrogen and oxygen atoms in total. The molecule has 1 aliphatic carbocycles. The van der Waals surface area contributed by atoms with Crippen molar-refractivity contribution < 1.29 is 14.0 Å². The Labute approximate surface area is 171 Å². The summed E-state index contributed by atoms with van der Waals surface area (Å²) >= 11 is 0. The highest BCUT2D eigenvalue weighted by Crippen LogP contribution is 2.47. The fourth-order valence-corrected chi connectivity index (χ4v) is 3.72. The Morgan fingerprint density at radius 1 is 1.17 bits per heavy atom. The van der Waals surface area contributed by atoms with E-state index in [1.807, 2.05) is 42.5 Å². The molecule has 152 valence electrons. The van der Waals surface area contributed by atoms with Crippen LogP contribution in [0.3, 0.4) is 0 Å². The van der Waals surface area contributed by atoms with Crippen molar-refractivity contribution in [2.75, 3.05) is 13.6 Å². The van der Waals surface area contributed by atoms with E-state index in [-0.39, 0.29) is 24.7 Å². The van der Waals surface area contributed by atoms with Crippen LogP contribution in [0.1, 0.15) is 55.6 Å². The van der Waals surface area contributed by atoms with Crippen molar-refractivity contribution in [1.82, 2.24) is 9.91 Å². The summed E-state index contributed by atoms with van der Waals surface area (Å²) in [5.41, 5.74) is 1.96. The van der Waals surface area contributed by atoms with Crippen LogP contribution in [-0.4, -0.2) is 41.0 Å². The number of carbonyl (C=O) groups is 2. The van der Waals surface area contributed by atoms with Gasteiger partial charge in [-0.2, -0.15) is 5.10 Å². The molecule has 1 saturated carbocycles. The van der Waals surface area contributed by atoms with E-state index in [9.17, 15) is 9.59 Å². The van der Waals surface area contributed by atoms with Crippen LogP contribution in [0.25, 0.3) is 0 Å². The first-order valence-corrected chi connectivity index (χ1v) is 10.3. The van der Waals surface area contributed by atoms with Gasteiger partial charge < -0.3 is 9.32 Å². The maximum atomic E-state index is 12.5. The summed E-state index contributed by atoms with van der Waals surface area (Å²) in [5, 5.41) is 5.93. The average Bonchev–Trinajstić information content (AvgIpc) is 3.14. The van der Waals surface area contributed by atoms with E-state index in [0.717, 1.165) is 29.2 Å². The van der Waals surface area contributed by atoms with Gasteiger partial charge >= 0.3 is 0 Å². The second kappa shape index (κ2) is 8.23. The van der Waals surface area contributed by atoms with Crippen LogP contribution in [0.2, 0.25) is 0 Å². The lowest BCUT2D eigenvalue weighted by atomic mass is 10.1. The summed E-state index contributed by atoms with van der Waals surface area (Å²) in [7, 11) is 1.75. The third kappa shape index (κ3) is 4.58. The molecule has 4 rings (SSSR count). The van der Waals surface area contributed by atoms with Crippen LogP contribution in [-0.2, 0) is 16.1 Å². The summed E-state index contributed by atoms with van der Waals surface area (Å²) in [6, 6.07) is 13.8. The zero-order valence-corrected chi connectivity index (χ0v) is 17.0. The average molecular weight is 393 g/mol. The number of amides is 2. The first kappa shape index (κ1) is 19.4. The Bertz CT molecular complexity index is 918. The Morgan fingerprint density at radius 2 is 1.93 bits per heavy atom. The molecular weight excluding hydrogens is 366 g/mol. The fourth-order valence-electron chi connectivity index (χ4n) is 3.72. The predicted molar refractivity (Wildman–Crippen MR) is 110 cm³/mol. The number of hydrazone groups is 1. The van der Waals surface area contributed by atoms with Gasteiger partial charge in [0, 0.05) is 32.2 Å². The molecule has 0 bridgehead atoms. The smallest absolute Gasteiger partial charge is 0.243 e. The number of hydrogen-bond donors (Lipinski definition) is 0. The van der Waals surface area contributed by atoms with Gasteiger partial charge in [0.2, 0.25) is 11.8 Å². The topological polar surface area (TPSA) is 66.1 Å². The number of rotatable bonds is 7. The molecule has 2 aromatic rings. The van der Waals surface area contributed by atoms with Crippen molar-refractivity contribution in [2.45, 2.75) is 45.1 Å². The SMILES string of the molecule is C[C@H]1C[C@H]1c1ccc(CN(C)C(=O)CCC(=O)N2CCC(c3ccccc3)=N2)o1. The highest BCUT2D eigenvalue weighted by Gasteiger charge is 2.36. The standard InChI is InChI=1S/C23H27N3O3/c1-16-14-19(16)21-9-8-18(29-21)15-25(2)22(27)10-11-23(28)26-13-12-20(24-26)17-6-4-3-5-7-17/h3-9,16,19H,10-15H2,1-2H3/t16-,19+/m0/s1. The summed E-state index contributed by atoms with van der Waals surface area (Å²) in [4.78, 5) is 26.5. The van der Waals surface area contributed by atoms with Gasteiger partial charge in [0.05, 0.1) is 18.8 Å². The molecule has 1 aliphatic heterocycles. The maximum Gasteiger partial charge on any atom is 0.243 e. The van der Waals surface area contributed by atoms with Crippen LogP contribution < -0.4 is 0 Å². The van der Waals surface area contributed by atoms with Crippen molar-refractivity contribution >= 4 is 17.5 Å². The van der Waals surface area contributed by atoms with Gasteiger partial charge in [0.1, 0.15) is 11.5 Å². The Kier molecular flexibility index (Phi) is 5.51. The quantitative estimate of drug-likeness (QED) is 0.719. The van der Waals surface area contributed by atoms with Crippen molar-refractivity contribution in [3.63, 3.8) is 0 Å². The highest BCUT2D eigenvalue weighted by molar-refractivity contribution is 6.02. The number of benzene rings is 1. The van der Waals surface area contributed by atoms with E-state index in [0.29, 0.717) is 24.9 Å². The van der Waals surface area contributed by atoms with E-state index in [1.54, 1.807) is 11.9 Å². The van der Waals surface area contributed by atoms with E-state index < -0.39 is 0 Å². The van der Waals surface area contributed by atoms with Gasteiger partial charge in [0.25, 0.3) is 0 Å². The fraction of sp³-hybridized carbons (Fsp3) is 0.435. The number of nitrogens with zero attached hydrogens (tertiary/aromatic N) is 3. The second-order valence-corrected chi connectivity index (χ2v) is 8.05. The molecule has 0 unspecified atom stereocenters. The third-order valence-corrected chi connectivity index (χ3v) is 5.73. The normalized spacial score (nSPS) is 20.5. The summed E-state index contributed by atoms with van der Waals surface area (Å²) < 4.78 is 5.87. The molecule has 2 amide bonds. The van der Waals surface area contributed by atoms with E-state index in [1.165, 1.54) is 11.4 Å². The van der Waals surface area contributed by atoms with Crippen molar-refractivity contribution in [2.24, 2.45) is 11.0 Å². The molecule has 0 saturated heterocycles. The number of furan rings is 1. The van der Waals surface area contributed by atoms with E-state index >= 15 is 0 Å². The van der Waals surface area contributed by atoms with Crippen molar-refractivity contribution in [1.29, 1.82) is 0 Å². The molecule has 2 aliphatic rings. The largest absolute Gasteiger partial charge is 0.464 e. The van der Waals surface area contributed by atoms with Crippen LogP contribution in [0.5, 0.6) is 0 Å². The molecule has 1 aromatic heterocycles. The van der Waals surface area contributed by atoms with Crippen molar-refractivity contribution in [3.05, 3.63) is 59.5 Å². The zero-order valence-electron chi connectivity index (χ0n) is 17.0. The van der Waals surface area contributed by atoms with Crippen LogP contribution in [0.4, 0.5) is 0 Å². The van der Waals surface area contributed by atoms with Gasteiger partial charge in [0.15, 0.2) is 0 Å². The lowest BCUT2D eigenvalue weighted by Gasteiger charge is -2.16. The molecule has 0 N–H and O–H groups in total. The van der Waals surface area contributed by atoms with Gasteiger partial charge in [-0.25, -0.2) is 5.01 Å². The minimum Gasteiger partial charge on any atom is -0.464 e. The first-order chi connectivity index (χ1) is 14.0. The third-order valence-electron chi connectivity index (χ3n) is 5.73.